The summed E-state index contributed by atoms with van der Waals surface area (Å²) >= 11 is 0. The van der Waals surface area contributed by atoms with Crippen LogP contribution in [0.25, 0.3) is 33.2 Å². The molecule has 5 rings (SSSR count). The number of amides is 1. The van der Waals surface area contributed by atoms with Gasteiger partial charge in [0.1, 0.15) is 6.73 Å². The van der Waals surface area contributed by atoms with Crippen molar-refractivity contribution in [3.05, 3.63) is 47.5 Å². The van der Waals surface area contributed by atoms with Gasteiger partial charge in [-0.05, 0) is 56.0 Å². The normalized spacial score (nSPS) is 15.3. The maximum atomic E-state index is 12.0. The molecule has 34 heavy (non-hydrogen) atoms. The molecule has 3 aromatic heterocycles. The van der Waals surface area contributed by atoms with Gasteiger partial charge >= 0.3 is 0 Å². The van der Waals surface area contributed by atoms with Crippen molar-refractivity contribution in [1.29, 1.82) is 0 Å². The number of primary amides is 1. The molecule has 3 N–H and O–H groups in total. The van der Waals surface area contributed by atoms with E-state index in [1.807, 2.05) is 18.6 Å². The van der Waals surface area contributed by atoms with Crippen LogP contribution < -0.4 is 5.73 Å². The molecule has 8 heteroatoms. The second-order valence-electron chi connectivity index (χ2n) is 10.9. The minimum atomic E-state index is -1.10. The van der Waals surface area contributed by atoms with Crippen molar-refractivity contribution in [3.63, 3.8) is 0 Å². The Bertz CT molecular complexity index is 1410. The standard InChI is InChI=1S/C26H33N5O2Si/c1-16-18(6-7-21-24(16)29-14-31(21)15-33-10-11-34(3,4)5)23-17(2)19-12-22(28-13-20(19)30-23)26(8-9-26)25(27)32/h6-7,12-14,30H,8-11,15H2,1-5H3,(H2,27,32). The first-order chi connectivity index (χ1) is 16.1. The number of pyridine rings is 1. The number of carbonyl (C=O) groups excluding carboxylic acids is 1. The molecule has 0 atom stereocenters. The predicted molar refractivity (Wildman–Crippen MR) is 139 cm³/mol. The van der Waals surface area contributed by atoms with Gasteiger partial charge < -0.3 is 20.0 Å². The number of rotatable bonds is 8. The third-order valence-electron chi connectivity index (χ3n) is 7.20. The summed E-state index contributed by atoms with van der Waals surface area (Å²) in [6.07, 6.45) is 5.24. The number of ether oxygens (including phenoxy) is 1. The summed E-state index contributed by atoms with van der Waals surface area (Å²) in [5.41, 5.74) is 13.3. The number of benzene rings is 1. The largest absolute Gasteiger partial charge is 0.369 e. The molecule has 1 aliphatic rings. The highest BCUT2D eigenvalue weighted by Crippen LogP contribution is 2.48. The number of nitrogens with one attached hydrogen (secondary N) is 1. The van der Waals surface area contributed by atoms with Gasteiger partial charge in [0.15, 0.2) is 0 Å². The summed E-state index contributed by atoms with van der Waals surface area (Å²) in [6, 6.07) is 7.45. The highest BCUT2D eigenvalue weighted by molar-refractivity contribution is 6.76. The quantitative estimate of drug-likeness (QED) is 0.276. The van der Waals surface area contributed by atoms with Crippen molar-refractivity contribution >= 4 is 35.9 Å². The van der Waals surface area contributed by atoms with Crippen LogP contribution in [0, 0.1) is 13.8 Å². The molecule has 1 fully saturated rings. The second kappa shape index (κ2) is 8.06. The molecule has 0 radical (unpaired) electrons. The Morgan fingerprint density at radius 3 is 2.65 bits per heavy atom. The molecule has 1 aromatic carbocycles. The number of aryl methyl sites for hydroxylation is 2. The molecule has 0 spiro atoms. The van der Waals surface area contributed by atoms with Crippen LogP contribution in [0.4, 0.5) is 0 Å². The van der Waals surface area contributed by atoms with E-state index in [-0.39, 0.29) is 5.91 Å². The first-order valence-electron chi connectivity index (χ1n) is 11.9. The Morgan fingerprint density at radius 1 is 1.21 bits per heavy atom. The summed E-state index contributed by atoms with van der Waals surface area (Å²) in [4.78, 5) is 24.8. The molecule has 0 aliphatic heterocycles. The van der Waals surface area contributed by atoms with E-state index >= 15 is 0 Å². The van der Waals surface area contributed by atoms with Gasteiger partial charge in [0.25, 0.3) is 0 Å². The molecule has 0 unspecified atom stereocenters. The number of hydrogen-bond donors (Lipinski definition) is 2. The molecule has 0 bridgehead atoms. The zero-order chi connectivity index (χ0) is 24.3. The van der Waals surface area contributed by atoms with E-state index in [0.717, 1.165) is 75.5 Å². The van der Waals surface area contributed by atoms with Crippen LogP contribution >= 0.6 is 0 Å². The Labute approximate surface area is 200 Å². The van der Waals surface area contributed by atoms with Gasteiger partial charge in [-0.2, -0.15) is 0 Å². The summed E-state index contributed by atoms with van der Waals surface area (Å²) < 4.78 is 8.02. The first kappa shape index (κ1) is 22.8. The summed E-state index contributed by atoms with van der Waals surface area (Å²) in [5, 5.41) is 1.08. The first-order valence-corrected chi connectivity index (χ1v) is 15.6. The molecule has 0 saturated heterocycles. The Hall–Kier alpha value is -2.97. The highest BCUT2D eigenvalue weighted by Gasteiger charge is 2.51. The fourth-order valence-corrected chi connectivity index (χ4v) is 5.46. The molecule has 178 valence electrons. The molecule has 4 aromatic rings. The van der Waals surface area contributed by atoms with Crippen LogP contribution in [0.15, 0.2) is 30.7 Å². The van der Waals surface area contributed by atoms with Crippen molar-refractivity contribution in [2.45, 2.75) is 64.5 Å². The van der Waals surface area contributed by atoms with Crippen LogP contribution in [0.5, 0.6) is 0 Å². The molecule has 7 nitrogen and oxygen atoms in total. The van der Waals surface area contributed by atoms with Crippen LogP contribution in [-0.4, -0.2) is 40.1 Å². The third kappa shape index (κ3) is 3.84. The van der Waals surface area contributed by atoms with Gasteiger partial charge in [0.2, 0.25) is 5.91 Å². The van der Waals surface area contributed by atoms with E-state index in [2.05, 4.69) is 60.2 Å². The predicted octanol–water partition coefficient (Wildman–Crippen LogP) is 5.03. The second-order valence-corrected chi connectivity index (χ2v) is 16.5. The number of aromatic amines is 1. The van der Waals surface area contributed by atoms with Crippen molar-refractivity contribution < 1.29 is 9.53 Å². The number of nitrogens with two attached hydrogens (primary N) is 1. The average Bonchev–Trinajstić information content (AvgIpc) is 3.40. The van der Waals surface area contributed by atoms with Crippen LogP contribution in [-0.2, 0) is 21.7 Å². The van der Waals surface area contributed by atoms with E-state index in [4.69, 9.17) is 15.5 Å². The fourth-order valence-electron chi connectivity index (χ4n) is 4.70. The van der Waals surface area contributed by atoms with Gasteiger partial charge in [-0.25, -0.2) is 4.98 Å². The minimum Gasteiger partial charge on any atom is -0.369 e. The van der Waals surface area contributed by atoms with Gasteiger partial charge in [-0.15, -0.1) is 0 Å². The van der Waals surface area contributed by atoms with E-state index in [1.54, 1.807) is 0 Å². The summed E-state index contributed by atoms with van der Waals surface area (Å²) in [7, 11) is -1.10. The molecule has 1 aliphatic carbocycles. The zero-order valence-corrected chi connectivity index (χ0v) is 21.7. The van der Waals surface area contributed by atoms with Gasteiger partial charge in [0.05, 0.1) is 40.2 Å². The Balaban J connectivity index is 1.46. The van der Waals surface area contributed by atoms with Gasteiger partial charge in [0, 0.05) is 31.3 Å². The number of hydrogen-bond acceptors (Lipinski definition) is 4. The van der Waals surface area contributed by atoms with Crippen molar-refractivity contribution in [1.82, 2.24) is 19.5 Å². The van der Waals surface area contributed by atoms with Crippen molar-refractivity contribution in [2.24, 2.45) is 5.73 Å². The molecule has 3 heterocycles. The lowest BCUT2D eigenvalue weighted by Crippen LogP contribution is -2.29. The van der Waals surface area contributed by atoms with E-state index < -0.39 is 13.5 Å². The lowest BCUT2D eigenvalue weighted by molar-refractivity contribution is -0.120. The zero-order valence-electron chi connectivity index (χ0n) is 20.7. The smallest absolute Gasteiger partial charge is 0.229 e. The maximum absolute atomic E-state index is 12.0. The van der Waals surface area contributed by atoms with Crippen LogP contribution in [0.3, 0.4) is 0 Å². The monoisotopic (exact) mass is 475 g/mol. The van der Waals surface area contributed by atoms with Gasteiger partial charge in [-0.1, -0.05) is 25.7 Å². The van der Waals surface area contributed by atoms with Crippen LogP contribution in [0.1, 0.15) is 29.7 Å². The Kier molecular flexibility index (Phi) is 5.40. The minimum absolute atomic E-state index is 0.283. The number of H-pyrrole nitrogens is 1. The van der Waals surface area contributed by atoms with Crippen LogP contribution in [0.2, 0.25) is 25.7 Å². The number of carbonyl (C=O) groups is 1. The van der Waals surface area contributed by atoms with E-state index in [9.17, 15) is 4.79 Å². The number of fused-ring (bicyclic) bond motifs is 2. The topological polar surface area (TPSA) is 98.8 Å². The van der Waals surface area contributed by atoms with Crippen molar-refractivity contribution in [3.8, 4) is 11.3 Å². The highest BCUT2D eigenvalue weighted by atomic mass is 28.3. The third-order valence-corrected chi connectivity index (χ3v) is 8.90. The summed E-state index contributed by atoms with van der Waals surface area (Å²) in [6.45, 7) is 12.6. The Morgan fingerprint density at radius 2 is 1.97 bits per heavy atom. The summed E-state index contributed by atoms with van der Waals surface area (Å²) in [5.74, 6) is -0.283. The van der Waals surface area contributed by atoms with Crippen molar-refractivity contribution in [2.75, 3.05) is 6.61 Å². The number of imidazole rings is 1. The SMILES string of the molecule is Cc1c(-c2ccc3c(ncn3COCC[Si](C)(C)C)c2C)[nH]c2cnc(C3(C(N)=O)CC3)cc12. The lowest BCUT2D eigenvalue weighted by Gasteiger charge is -2.15. The molecular formula is C26H33N5O2Si. The van der Waals surface area contributed by atoms with E-state index in [1.165, 1.54) is 0 Å². The number of aromatic nitrogens is 4. The number of nitrogens with zero attached hydrogens (tertiary/aromatic N) is 3. The maximum Gasteiger partial charge on any atom is 0.229 e. The molecule has 1 amide bonds. The molecule has 1 saturated carbocycles. The van der Waals surface area contributed by atoms with Gasteiger partial charge in [-0.3, -0.25) is 9.78 Å². The fraction of sp³-hybridized carbons (Fsp3) is 0.423. The van der Waals surface area contributed by atoms with E-state index in [0.29, 0.717) is 6.73 Å². The molecular weight excluding hydrogens is 442 g/mol. The average molecular weight is 476 g/mol. The lowest BCUT2D eigenvalue weighted by atomic mass is 9.98.